The summed E-state index contributed by atoms with van der Waals surface area (Å²) in [5, 5.41) is 11.6. The number of likely N-dealkylation sites (N-methyl/N-ethyl adjacent to an activating group) is 1. The lowest BCUT2D eigenvalue weighted by Crippen LogP contribution is -2.55. The van der Waals surface area contributed by atoms with Crippen LogP contribution in [0.25, 0.3) is 0 Å². The molecule has 2 unspecified atom stereocenters. The van der Waals surface area contributed by atoms with Crippen molar-refractivity contribution >= 4 is 17.9 Å². The van der Waals surface area contributed by atoms with Gasteiger partial charge >= 0.3 is 11.9 Å². The van der Waals surface area contributed by atoms with Gasteiger partial charge in [0.2, 0.25) is 0 Å². The van der Waals surface area contributed by atoms with Crippen LogP contribution in [0.2, 0.25) is 0 Å². The van der Waals surface area contributed by atoms with Gasteiger partial charge in [-0.15, -0.1) is 0 Å². The summed E-state index contributed by atoms with van der Waals surface area (Å²) in [6.07, 6.45) is 44.5. The molecule has 0 aromatic rings. The van der Waals surface area contributed by atoms with Crippen molar-refractivity contribution in [3.8, 4) is 0 Å². The number of esters is 2. The van der Waals surface area contributed by atoms with Crippen LogP contribution >= 0.6 is 0 Å². The Morgan fingerprint density at radius 2 is 0.964 bits per heavy atom. The van der Waals surface area contributed by atoms with Gasteiger partial charge in [-0.2, -0.15) is 0 Å². The smallest absolute Gasteiger partial charge is 0.306 e. The van der Waals surface area contributed by atoms with Gasteiger partial charge in [0.05, 0.1) is 40.3 Å². The summed E-state index contributed by atoms with van der Waals surface area (Å²) in [6, 6.07) is -0.728. The highest BCUT2D eigenvalue weighted by atomic mass is 16.6. The van der Waals surface area contributed by atoms with Crippen molar-refractivity contribution in [2.75, 3.05) is 41.0 Å². The number of hydrogen-bond donors (Lipinski definition) is 0. The first-order chi connectivity index (χ1) is 27.1. The maximum absolute atomic E-state index is 12.7. The van der Waals surface area contributed by atoms with E-state index < -0.39 is 18.1 Å². The molecule has 0 aromatic carbocycles. The third kappa shape index (κ3) is 37.1. The molecular weight excluding hydrogens is 703 g/mol. The van der Waals surface area contributed by atoms with Crippen molar-refractivity contribution in [1.82, 2.24) is 0 Å². The number of carbonyl (C=O) groups excluding carboxylic acids is 3. The van der Waals surface area contributed by atoms with Crippen LogP contribution in [0, 0.1) is 0 Å². The minimum Gasteiger partial charge on any atom is -0.544 e. The number of rotatable bonds is 41. The van der Waals surface area contributed by atoms with Crippen LogP contribution in [-0.4, -0.2) is 75.5 Å². The number of carbonyl (C=O) groups is 3. The first-order valence-electron chi connectivity index (χ1n) is 23.0. The first kappa shape index (κ1) is 53.6. The summed E-state index contributed by atoms with van der Waals surface area (Å²) in [6.45, 7) is 4.61. The Labute approximate surface area is 344 Å². The molecule has 0 saturated carbocycles. The highest BCUT2D eigenvalue weighted by molar-refractivity contribution is 5.70. The van der Waals surface area contributed by atoms with Crippen LogP contribution < -0.4 is 5.11 Å². The molecule has 0 aromatic heterocycles. The fraction of sp³-hybridized carbons (Fsp3) is 0.812. The molecule has 0 spiro atoms. The molecule has 0 fully saturated rings. The third-order valence-corrected chi connectivity index (χ3v) is 10.2. The van der Waals surface area contributed by atoms with Gasteiger partial charge in [0.1, 0.15) is 12.6 Å². The van der Waals surface area contributed by atoms with E-state index in [2.05, 4.69) is 50.3 Å². The number of quaternary nitrogens is 1. The lowest BCUT2D eigenvalue weighted by Gasteiger charge is -2.34. The molecule has 8 heteroatoms. The average molecular weight is 790 g/mol. The molecule has 0 radical (unpaired) electrons. The first-order valence-corrected chi connectivity index (χ1v) is 23.0. The summed E-state index contributed by atoms with van der Waals surface area (Å²) in [5.41, 5.74) is 0. The van der Waals surface area contributed by atoms with Crippen molar-refractivity contribution in [2.45, 2.75) is 212 Å². The van der Waals surface area contributed by atoms with Gasteiger partial charge in [-0.05, 0) is 64.2 Å². The number of nitrogens with zero attached hydrogens (tertiary/aromatic N) is 1. The zero-order valence-corrected chi connectivity index (χ0v) is 37.1. The SMILES string of the molecule is CCCC/C=C\C/C=C\CCCCCCCC(=O)OC(COCCC(C(=O)[O-])[N+](C)(C)C)COC(=O)CCCCCCCCC/C=C\CCCCCCCCC. The van der Waals surface area contributed by atoms with E-state index >= 15 is 0 Å². The van der Waals surface area contributed by atoms with Gasteiger partial charge in [0.25, 0.3) is 0 Å². The largest absolute Gasteiger partial charge is 0.544 e. The standard InChI is InChI=1S/C48H87NO7/c1-6-8-10-12-14-16-18-20-22-23-24-25-27-28-30-32-34-36-38-46(50)55-43-44(42-54-41-40-45(48(52)53)49(3,4)5)56-47(51)39-37-35-33-31-29-26-21-19-17-15-13-11-9-7-2/h13,15,19,21-23,44-45H,6-12,14,16-18,20,24-43H2,1-5H3/b15-13-,21-19-,23-22-. The van der Waals surface area contributed by atoms with Crippen molar-refractivity contribution in [3.05, 3.63) is 36.5 Å². The molecule has 0 rings (SSSR count). The Morgan fingerprint density at radius 3 is 1.45 bits per heavy atom. The van der Waals surface area contributed by atoms with E-state index in [9.17, 15) is 19.5 Å². The molecule has 56 heavy (non-hydrogen) atoms. The van der Waals surface area contributed by atoms with E-state index in [1.54, 1.807) is 21.1 Å². The highest BCUT2D eigenvalue weighted by Crippen LogP contribution is 2.14. The summed E-state index contributed by atoms with van der Waals surface area (Å²) in [7, 11) is 5.40. The molecule has 0 aliphatic heterocycles. The molecule has 0 aliphatic rings. The Kier molecular flexibility index (Phi) is 37.7. The van der Waals surface area contributed by atoms with Crippen LogP contribution in [0.15, 0.2) is 36.5 Å². The number of allylic oxidation sites excluding steroid dienone is 6. The van der Waals surface area contributed by atoms with E-state index in [0.717, 1.165) is 64.2 Å². The molecule has 0 aliphatic carbocycles. The quantitative estimate of drug-likeness (QED) is 0.0263. The van der Waals surface area contributed by atoms with E-state index in [1.807, 2.05) is 0 Å². The summed E-state index contributed by atoms with van der Waals surface area (Å²) in [4.78, 5) is 36.9. The van der Waals surface area contributed by atoms with Crippen LogP contribution in [-0.2, 0) is 28.6 Å². The molecule has 0 N–H and O–H groups in total. The van der Waals surface area contributed by atoms with Gasteiger partial charge < -0.3 is 28.6 Å². The summed E-state index contributed by atoms with van der Waals surface area (Å²) >= 11 is 0. The normalized spacial score (nSPS) is 13.2. The molecule has 0 amide bonds. The van der Waals surface area contributed by atoms with Crippen molar-refractivity contribution in [1.29, 1.82) is 0 Å². The monoisotopic (exact) mass is 790 g/mol. The van der Waals surface area contributed by atoms with Gasteiger partial charge in [-0.3, -0.25) is 9.59 Å². The van der Waals surface area contributed by atoms with Gasteiger partial charge in [-0.1, -0.05) is 153 Å². The topological polar surface area (TPSA) is 102 Å². The van der Waals surface area contributed by atoms with Crippen LogP contribution in [0.3, 0.4) is 0 Å². The Morgan fingerprint density at radius 1 is 0.536 bits per heavy atom. The molecule has 0 bridgehead atoms. The number of unbranched alkanes of at least 4 members (excludes halogenated alkanes) is 21. The lowest BCUT2D eigenvalue weighted by molar-refractivity contribution is -0.889. The molecule has 0 saturated heterocycles. The number of ether oxygens (including phenoxy) is 3. The second kappa shape index (κ2) is 39.4. The van der Waals surface area contributed by atoms with E-state index in [-0.39, 0.29) is 42.7 Å². The lowest BCUT2D eigenvalue weighted by atomic mass is 10.1. The molecule has 2 atom stereocenters. The van der Waals surface area contributed by atoms with Crippen LogP contribution in [0.5, 0.6) is 0 Å². The molecular formula is C48H87NO7. The van der Waals surface area contributed by atoms with Gasteiger partial charge in [0.15, 0.2) is 6.10 Å². The maximum atomic E-state index is 12.7. The Balaban J connectivity index is 4.32. The minimum absolute atomic E-state index is 0.0347. The second-order valence-electron chi connectivity index (χ2n) is 16.6. The fourth-order valence-corrected chi connectivity index (χ4v) is 6.61. The van der Waals surface area contributed by atoms with E-state index in [4.69, 9.17) is 14.2 Å². The van der Waals surface area contributed by atoms with Crippen LogP contribution in [0.1, 0.15) is 200 Å². The second-order valence-corrected chi connectivity index (χ2v) is 16.6. The number of aliphatic carboxylic acids is 1. The minimum atomic E-state index is -1.13. The molecule has 0 heterocycles. The summed E-state index contributed by atoms with van der Waals surface area (Å²) in [5.74, 6) is -1.75. The Hall–Kier alpha value is -2.45. The molecule has 326 valence electrons. The van der Waals surface area contributed by atoms with Crippen molar-refractivity contribution in [2.24, 2.45) is 0 Å². The number of carboxylic acid groups (broad SMARTS) is 1. The summed E-state index contributed by atoms with van der Waals surface area (Å²) < 4.78 is 17.2. The van der Waals surface area contributed by atoms with Gasteiger partial charge in [0, 0.05) is 19.3 Å². The zero-order chi connectivity index (χ0) is 41.4. The van der Waals surface area contributed by atoms with E-state index in [0.29, 0.717) is 12.8 Å². The van der Waals surface area contributed by atoms with Crippen LogP contribution in [0.4, 0.5) is 0 Å². The molecule has 8 nitrogen and oxygen atoms in total. The maximum Gasteiger partial charge on any atom is 0.306 e. The van der Waals surface area contributed by atoms with E-state index in [1.165, 1.54) is 103 Å². The number of hydrogen-bond acceptors (Lipinski definition) is 7. The number of carboxylic acids is 1. The van der Waals surface area contributed by atoms with Crippen molar-refractivity contribution in [3.63, 3.8) is 0 Å². The third-order valence-electron chi connectivity index (χ3n) is 10.2. The van der Waals surface area contributed by atoms with Crippen molar-refractivity contribution < 1.29 is 38.2 Å². The Bertz CT molecular complexity index is 1020. The average Bonchev–Trinajstić information content (AvgIpc) is 3.15. The zero-order valence-electron chi connectivity index (χ0n) is 37.1. The highest BCUT2D eigenvalue weighted by Gasteiger charge is 2.25. The van der Waals surface area contributed by atoms with Gasteiger partial charge in [-0.25, -0.2) is 0 Å². The predicted octanol–water partition coefficient (Wildman–Crippen LogP) is 11.3. The predicted molar refractivity (Wildman–Crippen MR) is 231 cm³/mol. The fourth-order valence-electron chi connectivity index (χ4n) is 6.61.